The lowest BCUT2D eigenvalue weighted by Crippen LogP contribution is -2.45. The Balaban J connectivity index is 1.95. The summed E-state index contributed by atoms with van der Waals surface area (Å²) >= 11 is 0. The summed E-state index contributed by atoms with van der Waals surface area (Å²) in [5, 5.41) is 12.1. The average molecular weight is 830 g/mol. The molecule has 5 N–H and O–H groups in total. The number of hydrogen-bond donors (Lipinski definition) is 3. The van der Waals surface area contributed by atoms with Crippen LogP contribution in [0.1, 0.15) is 147 Å². The van der Waals surface area contributed by atoms with Crippen LogP contribution in [0, 0.1) is 23.2 Å². The highest BCUT2D eigenvalue weighted by molar-refractivity contribution is 5.96. The molecule has 0 saturated carbocycles. The first-order chi connectivity index (χ1) is 29.0. The highest BCUT2D eigenvalue weighted by Gasteiger charge is 2.35. The molecule has 0 aromatic heterocycles. The molecule has 4 atom stereocenters. The molecule has 0 saturated heterocycles. The van der Waals surface area contributed by atoms with Crippen LogP contribution >= 0.6 is 0 Å². The van der Waals surface area contributed by atoms with Gasteiger partial charge in [0, 0.05) is 75.2 Å². The van der Waals surface area contributed by atoms with Crippen molar-refractivity contribution in [3.05, 3.63) is 47.5 Å². The van der Waals surface area contributed by atoms with E-state index in [4.69, 9.17) is 20.9 Å². The number of nitriles is 1. The highest BCUT2D eigenvalue weighted by Crippen LogP contribution is 2.41. The lowest BCUT2D eigenvalue weighted by Gasteiger charge is -2.32. The van der Waals surface area contributed by atoms with Crippen LogP contribution in [-0.4, -0.2) is 73.5 Å². The molecule has 1 aliphatic rings. The Kier molecular flexibility index (Phi) is 22.6. The molecule has 0 fully saturated rings. The van der Waals surface area contributed by atoms with E-state index in [0.717, 1.165) is 19.3 Å². The number of likely N-dealkylation sites (N-methyl/N-ethyl adjacent to an activating group) is 1. The van der Waals surface area contributed by atoms with Crippen molar-refractivity contribution < 1.29 is 33.4 Å². The van der Waals surface area contributed by atoms with E-state index < -0.39 is 29.8 Å². The number of hydrogen-bond acceptors (Lipinski definition) is 10. The Hall–Kier alpha value is -4.60. The number of nitrogens with one attached hydrogen (secondary N) is 1. The fourth-order valence-corrected chi connectivity index (χ4v) is 7.90. The number of fused-ring (bicyclic) bond motifs is 5. The minimum absolute atomic E-state index is 0.00323. The predicted octanol–water partition coefficient (Wildman–Crippen LogP) is 7.72. The number of unbranched alkanes of at least 4 members (excludes halogenated alkanes) is 10. The monoisotopic (exact) mass is 830 g/mol. The molecular formula is C48H71N5O7. The maximum atomic E-state index is 14.5. The van der Waals surface area contributed by atoms with Gasteiger partial charge >= 0.3 is 0 Å². The summed E-state index contributed by atoms with van der Waals surface area (Å²) in [6.45, 7) is 6.64. The molecule has 2 aromatic carbocycles. The number of rotatable bonds is 26. The van der Waals surface area contributed by atoms with Gasteiger partial charge in [0.15, 0.2) is 11.6 Å². The second kappa shape index (κ2) is 27.3. The van der Waals surface area contributed by atoms with E-state index in [2.05, 4.69) is 12.2 Å². The molecule has 1 aliphatic heterocycles. The fraction of sp³-hybridized carbons (Fsp3) is 0.625. The maximum absolute atomic E-state index is 14.5. The summed E-state index contributed by atoms with van der Waals surface area (Å²) in [7, 11) is 1.58. The molecule has 330 valence electrons. The topological polar surface area (TPSA) is 195 Å². The zero-order valence-corrected chi connectivity index (χ0v) is 36.7. The Morgan fingerprint density at radius 2 is 1.42 bits per heavy atom. The van der Waals surface area contributed by atoms with Crippen molar-refractivity contribution >= 4 is 29.2 Å². The molecule has 0 radical (unpaired) electrons. The predicted molar refractivity (Wildman–Crippen MR) is 235 cm³/mol. The normalized spacial score (nSPS) is 17.2. The lowest BCUT2D eigenvalue weighted by atomic mass is 9.88. The minimum atomic E-state index is -1.11. The van der Waals surface area contributed by atoms with Crippen molar-refractivity contribution in [3.63, 3.8) is 0 Å². The van der Waals surface area contributed by atoms with E-state index in [-0.39, 0.29) is 81.7 Å². The van der Waals surface area contributed by atoms with E-state index in [9.17, 15) is 29.2 Å². The van der Waals surface area contributed by atoms with Crippen LogP contribution in [0.5, 0.6) is 11.5 Å². The molecule has 1 heterocycles. The molecule has 4 bridgehead atoms. The molecule has 2 amide bonds. The lowest BCUT2D eigenvalue weighted by molar-refractivity contribution is -0.143. The summed E-state index contributed by atoms with van der Waals surface area (Å²) in [5.74, 6) is -2.00. The maximum Gasteiger partial charge on any atom is 0.226 e. The fourth-order valence-electron chi connectivity index (χ4n) is 7.90. The minimum Gasteiger partial charge on any atom is -0.492 e. The molecule has 0 aliphatic carbocycles. The zero-order valence-electron chi connectivity index (χ0n) is 36.7. The van der Waals surface area contributed by atoms with E-state index in [0.29, 0.717) is 46.6 Å². The van der Waals surface area contributed by atoms with Crippen LogP contribution in [0.15, 0.2) is 36.4 Å². The van der Waals surface area contributed by atoms with Crippen molar-refractivity contribution in [2.45, 2.75) is 148 Å². The molecule has 2 aromatic rings. The van der Waals surface area contributed by atoms with Crippen molar-refractivity contribution in [1.82, 2.24) is 10.2 Å². The summed E-state index contributed by atoms with van der Waals surface area (Å²) in [6, 6.07) is 10.6. The van der Waals surface area contributed by atoms with Crippen molar-refractivity contribution in [1.29, 1.82) is 5.26 Å². The Morgan fingerprint density at radius 3 is 2.00 bits per heavy atom. The largest absolute Gasteiger partial charge is 0.492 e. The van der Waals surface area contributed by atoms with Crippen molar-refractivity contribution in [2.75, 3.05) is 33.4 Å². The summed E-state index contributed by atoms with van der Waals surface area (Å²) in [4.78, 5) is 70.7. The number of carbonyl (C=O) groups excluding carboxylic acids is 5. The van der Waals surface area contributed by atoms with Gasteiger partial charge in [0.25, 0.3) is 0 Å². The number of ketones is 3. The summed E-state index contributed by atoms with van der Waals surface area (Å²) < 4.78 is 12.2. The third-order valence-corrected chi connectivity index (χ3v) is 11.4. The third-order valence-electron chi connectivity index (χ3n) is 11.4. The zero-order chi connectivity index (χ0) is 43.9. The van der Waals surface area contributed by atoms with Crippen molar-refractivity contribution in [2.24, 2.45) is 23.3 Å². The molecule has 12 heteroatoms. The molecule has 0 unspecified atom stereocenters. The average Bonchev–Trinajstić information content (AvgIpc) is 3.24. The van der Waals surface area contributed by atoms with Gasteiger partial charge in [-0.1, -0.05) is 97.1 Å². The first-order valence-corrected chi connectivity index (χ1v) is 22.4. The van der Waals surface area contributed by atoms with Crippen LogP contribution in [0.2, 0.25) is 0 Å². The quantitative estimate of drug-likeness (QED) is 0.0790. The second-order valence-corrected chi connectivity index (χ2v) is 16.3. The Labute approximate surface area is 358 Å². The van der Waals surface area contributed by atoms with Gasteiger partial charge in [-0.15, -0.1) is 0 Å². The number of ether oxygens (including phenoxy) is 2. The van der Waals surface area contributed by atoms with E-state index >= 15 is 0 Å². The Morgan fingerprint density at radius 1 is 0.833 bits per heavy atom. The van der Waals surface area contributed by atoms with Crippen LogP contribution < -0.4 is 26.3 Å². The van der Waals surface area contributed by atoms with Gasteiger partial charge < -0.3 is 31.2 Å². The summed E-state index contributed by atoms with van der Waals surface area (Å²) in [5.41, 5.74) is 14.0. The molecular weight excluding hydrogens is 759 g/mol. The highest BCUT2D eigenvalue weighted by atomic mass is 16.5. The van der Waals surface area contributed by atoms with E-state index in [1.54, 1.807) is 38.2 Å². The number of amides is 2. The smallest absolute Gasteiger partial charge is 0.226 e. The van der Waals surface area contributed by atoms with Gasteiger partial charge in [-0.3, -0.25) is 24.0 Å². The van der Waals surface area contributed by atoms with Crippen LogP contribution in [0.3, 0.4) is 0 Å². The number of Topliss-reactive ketones (excluding diaryl/α,β-unsaturated/α-hetero) is 3. The molecule has 3 rings (SSSR count). The molecule has 0 spiro atoms. The standard InChI is InChI=1S/C48H71N5O7/c1-5-7-8-9-10-11-12-13-14-15-16-18-38(54)32-36(6-2)48(58)53(4)46-37-21-23-45(60-28-26-51)40(33-37)39-30-35(20-22-44(39)59-27-25-50)31-41(42(55)19-17-24-49)52-47(57)34(3)29-43(46)56/h20-23,30,33-34,36,41,46H,5-19,25-29,31-32,50-51H2,1-4H3,(H,52,57)/t34-,36-,41+,46+/m1/s1. The van der Waals surface area contributed by atoms with Gasteiger partial charge in [-0.05, 0) is 54.7 Å². The van der Waals surface area contributed by atoms with Gasteiger partial charge in [0.05, 0.1) is 12.1 Å². The van der Waals surface area contributed by atoms with Crippen LogP contribution in [-0.2, 0) is 30.4 Å². The molecule has 12 nitrogen and oxygen atoms in total. The van der Waals surface area contributed by atoms with Crippen LogP contribution in [0.4, 0.5) is 0 Å². The van der Waals surface area contributed by atoms with Gasteiger partial charge in [0.1, 0.15) is 36.5 Å². The molecule has 60 heavy (non-hydrogen) atoms. The van der Waals surface area contributed by atoms with E-state index in [1.165, 1.54) is 56.3 Å². The van der Waals surface area contributed by atoms with Crippen molar-refractivity contribution in [3.8, 4) is 28.7 Å². The second-order valence-electron chi connectivity index (χ2n) is 16.3. The first-order valence-electron chi connectivity index (χ1n) is 22.4. The van der Waals surface area contributed by atoms with E-state index in [1.807, 2.05) is 25.1 Å². The SMILES string of the molecule is CCCCCCCCCCCCCC(=O)C[C@@H](CC)C(=O)N(C)[C@@H]1C(=O)C[C@@H](C)C(=O)N[C@H](C(=O)CCC#N)Cc2ccc(OCCN)c(c2)-c2cc1ccc2OCCN. The number of carbonyl (C=O) groups is 5. The van der Waals surface area contributed by atoms with Gasteiger partial charge in [0.2, 0.25) is 11.8 Å². The number of nitrogens with two attached hydrogens (primary N) is 2. The number of benzene rings is 2. The Bertz CT molecular complexity index is 1740. The van der Waals surface area contributed by atoms with Gasteiger partial charge in [-0.25, -0.2) is 0 Å². The van der Waals surface area contributed by atoms with Gasteiger partial charge in [-0.2, -0.15) is 5.26 Å². The third kappa shape index (κ3) is 15.8. The number of nitrogens with zero attached hydrogens (tertiary/aromatic N) is 2. The summed E-state index contributed by atoms with van der Waals surface area (Å²) in [6.07, 6.45) is 13.8. The van der Waals surface area contributed by atoms with Crippen LogP contribution in [0.25, 0.3) is 11.1 Å². The first kappa shape index (κ1) is 49.8.